The van der Waals surface area contributed by atoms with Crippen LogP contribution in [0.1, 0.15) is 16.3 Å². The van der Waals surface area contributed by atoms with Crippen LogP contribution in [0.3, 0.4) is 0 Å². The largest absolute Gasteiger partial charge is 0.449 e. The Morgan fingerprint density at radius 2 is 1.91 bits per heavy atom. The van der Waals surface area contributed by atoms with E-state index in [1.54, 1.807) is 4.72 Å². The van der Waals surface area contributed by atoms with Crippen LogP contribution in [0.25, 0.3) is 0 Å². The molecule has 0 saturated carbocycles. The van der Waals surface area contributed by atoms with E-state index in [9.17, 15) is 26.4 Å². The highest BCUT2D eigenvalue weighted by Gasteiger charge is 2.37. The molecule has 2 rings (SSSR count). The van der Waals surface area contributed by atoms with E-state index in [0.29, 0.717) is 4.57 Å². The molecule has 0 saturated heterocycles. The molecule has 0 aliphatic rings. The molecule has 0 fully saturated rings. The van der Waals surface area contributed by atoms with Crippen molar-refractivity contribution in [3.63, 3.8) is 0 Å². The van der Waals surface area contributed by atoms with Gasteiger partial charge in [0.15, 0.2) is 0 Å². The average molecular weight is 368 g/mol. The number of hydrogen-bond acceptors (Lipinski definition) is 4. The first-order valence-electron chi connectivity index (χ1n) is 5.94. The van der Waals surface area contributed by atoms with E-state index in [1.165, 1.54) is 18.2 Å². The van der Waals surface area contributed by atoms with Crippen LogP contribution in [-0.2, 0) is 23.2 Å². The molecule has 0 spiro atoms. The van der Waals surface area contributed by atoms with Crippen molar-refractivity contribution < 1.29 is 26.4 Å². The molecule has 0 aliphatic heterocycles. The van der Waals surface area contributed by atoms with Crippen molar-refractivity contribution >= 4 is 27.5 Å². The van der Waals surface area contributed by atoms with Gasteiger partial charge < -0.3 is 4.57 Å². The van der Waals surface area contributed by atoms with Crippen LogP contribution >= 0.6 is 11.6 Å². The number of nitrogens with zero attached hydrogens (tertiary/aromatic N) is 2. The topological polar surface area (TPSA) is 81.1 Å². The van der Waals surface area contributed by atoms with Gasteiger partial charge in [-0.25, -0.2) is 18.1 Å². The van der Waals surface area contributed by atoms with Gasteiger partial charge in [-0.1, -0.05) is 23.7 Å². The summed E-state index contributed by atoms with van der Waals surface area (Å²) in [4.78, 5) is 14.6. The third-order valence-corrected chi connectivity index (χ3v) is 4.55. The van der Waals surface area contributed by atoms with Gasteiger partial charge in [-0.15, -0.1) is 0 Å². The molecule has 1 N–H and O–H groups in total. The van der Waals surface area contributed by atoms with Gasteiger partial charge in [0, 0.05) is 13.2 Å². The van der Waals surface area contributed by atoms with Crippen LogP contribution in [0.5, 0.6) is 0 Å². The lowest BCUT2D eigenvalue weighted by atomic mass is 10.4. The lowest BCUT2D eigenvalue weighted by molar-refractivity contribution is -0.146. The minimum absolute atomic E-state index is 0.134. The number of aryl methyl sites for hydroxylation is 1. The van der Waals surface area contributed by atoms with E-state index in [2.05, 4.69) is 4.98 Å². The monoisotopic (exact) mass is 367 g/mol. The molecule has 2 aromatic rings. The zero-order valence-corrected chi connectivity index (χ0v) is 13.0. The Bertz CT molecular complexity index is 862. The van der Waals surface area contributed by atoms with Gasteiger partial charge in [-0.3, -0.25) is 4.79 Å². The van der Waals surface area contributed by atoms with Crippen LogP contribution in [0.4, 0.5) is 13.2 Å². The number of nitrogens with one attached hydrogen (secondary N) is 1. The summed E-state index contributed by atoms with van der Waals surface area (Å²) in [5, 5.41) is -0.134. The van der Waals surface area contributed by atoms with E-state index in [-0.39, 0.29) is 9.92 Å². The van der Waals surface area contributed by atoms with Gasteiger partial charge in [0.1, 0.15) is 10.6 Å². The fraction of sp³-hybridized carbons (Fsp3) is 0.167. The van der Waals surface area contributed by atoms with E-state index >= 15 is 0 Å². The Morgan fingerprint density at radius 1 is 1.30 bits per heavy atom. The number of sulfonamides is 1. The predicted molar refractivity (Wildman–Crippen MR) is 74.3 cm³/mol. The summed E-state index contributed by atoms with van der Waals surface area (Å²) in [6, 6.07) is 5.31. The van der Waals surface area contributed by atoms with Gasteiger partial charge >= 0.3 is 6.18 Å². The minimum atomic E-state index is -4.77. The van der Waals surface area contributed by atoms with Crippen LogP contribution in [0, 0.1) is 0 Å². The summed E-state index contributed by atoms with van der Waals surface area (Å²) in [6.07, 6.45) is -3.99. The number of aromatic nitrogens is 2. The van der Waals surface area contributed by atoms with Crippen LogP contribution in [0.15, 0.2) is 35.4 Å². The highest BCUT2D eigenvalue weighted by molar-refractivity contribution is 7.90. The third-order valence-electron chi connectivity index (χ3n) is 2.72. The van der Waals surface area contributed by atoms with Gasteiger partial charge in [-0.05, 0) is 12.1 Å². The summed E-state index contributed by atoms with van der Waals surface area (Å²) < 4.78 is 64.2. The number of carbonyl (C=O) groups excluding carboxylic acids is 1. The first-order chi connectivity index (χ1) is 10.5. The molecule has 0 radical (unpaired) electrons. The Kier molecular flexibility index (Phi) is 4.40. The molecule has 11 heteroatoms. The van der Waals surface area contributed by atoms with E-state index in [0.717, 1.165) is 19.3 Å². The summed E-state index contributed by atoms with van der Waals surface area (Å²) in [5.74, 6) is -2.62. The summed E-state index contributed by atoms with van der Waals surface area (Å²) in [5.41, 5.74) is -0.685. The van der Waals surface area contributed by atoms with Crippen LogP contribution < -0.4 is 4.72 Å². The highest BCUT2D eigenvalue weighted by atomic mass is 35.5. The first kappa shape index (κ1) is 17.3. The van der Waals surface area contributed by atoms with Crippen molar-refractivity contribution in [2.45, 2.75) is 11.1 Å². The SMILES string of the molecule is Cn1cc(C(=O)NS(=O)(=O)c2ccccc2Cl)nc1C(F)(F)F. The summed E-state index contributed by atoms with van der Waals surface area (Å²) >= 11 is 5.73. The first-order valence-corrected chi connectivity index (χ1v) is 7.81. The zero-order chi connectivity index (χ0) is 17.4. The van der Waals surface area contributed by atoms with Crippen LogP contribution in [-0.4, -0.2) is 23.9 Å². The van der Waals surface area contributed by atoms with Crippen molar-refractivity contribution in [1.82, 2.24) is 14.3 Å². The molecule has 0 bridgehead atoms. The molecule has 1 aromatic heterocycles. The zero-order valence-electron chi connectivity index (χ0n) is 11.4. The van der Waals surface area contributed by atoms with Gasteiger partial charge in [-0.2, -0.15) is 13.2 Å². The van der Waals surface area contributed by atoms with E-state index < -0.39 is 33.6 Å². The standard InChI is InChI=1S/C12H9ClF3N3O3S/c1-19-6-8(17-11(19)12(14,15)16)10(20)18-23(21,22)9-5-3-2-4-7(9)13/h2-6H,1H3,(H,18,20). The molecule has 0 atom stereocenters. The molecule has 1 amide bonds. The number of benzene rings is 1. The quantitative estimate of drug-likeness (QED) is 0.901. The molecule has 23 heavy (non-hydrogen) atoms. The molecule has 1 aromatic carbocycles. The predicted octanol–water partition coefficient (Wildman–Crippen LogP) is 2.21. The Labute approximate surface area is 133 Å². The van der Waals surface area contributed by atoms with Gasteiger partial charge in [0.25, 0.3) is 15.9 Å². The average Bonchev–Trinajstić information content (AvgIpc) is 2.80. The van der Waals surface area contributed by atoms with Crippen molar-refractivity contribution in [3.8, 4) is 0 Å². The number of alkyl halides is 3. The fourth-order valence-electron chi connectivity index (χ4n) is 1.73. The second-order valence-corrected chi connectivity index (χ2v) is 6.48. The molecule has 6 nitrogen and oxygen atoms in total. The maximum atomic E-state index is 12.6. The molecular weight excluding hydrogens is 359 g/mol. The number of hydrogen-bond donors (Lipinski definition) is 1. The summed E-state index contributed by atoms with van der Waals surface area (Å²) in [7, 11) is -3.30. The number of imidazole rings is 1. The van der Waals surface area contributed by atoms with Gasteiger partial charge in [0.2, 0.25) is 5.82 Å². The minimum Gasteiger partial charge on any atom is -0.330 e. The molecule has 0 unspecified atom stereocenters. The second kappa shape index (κ2) is 5.85. The smallest absolute Gasteiger partial charge is 0.330 e. The van der Waals surface area contributed by atoms with E-state index in [1.807, 2.05) is 0 Å². The van der Waals surface area contributed by atoms with Crippen molar-refractivity contribution in [3.05, 3.63) is 47.0 Å². The Hall–Kier alpha value is -2.07. The van der Waals surface area contributed by atoms with Crippen LogP contribution in [0.2, 0.25) is 5.02 Å². The molecule has 0 aliphatic carbocycles. The fourth-order valence-corrected chi connectivity index (χ4v) is 3.21. The Balaban J connectivity index is 2.31. The maximum Gasteiger partial charge on any atom is 0.449 e. The molecular formula is C12H9ClF3N3O3S. The normalized spacial score (nSPS) is 12.2. The third kappa shape index (κ3) is 3.64. The lowest BCUT2D eigenvalue weighted by Gasteiger charge is -2.06. The number of amides is 1. The molecule has 1 heterocycles. The van der Waals surface area contributed by atoms with E-state index in [4.69, 9.17) is 11.6 Å². The summed E-state index contributed by atoms with van der Waals surface area (Å²) in [6.45, 7) is 0. The lowest BCUT2D eigenvalue weighted by Crippen LogP contribution is -2.31. The number of carbonyl (C=O) groups is 1. The molecule has 124 valence electrons. The van der Waals surface area contributed by atoms with Crippen molar-refractivity contribution in [2.75, 3.05) is 0 Å². The highest BCUT2D eigenvalue weighted by Crippen LogP contribution is 2.28. The number of halogens is 4. The maximum absolute atomic E-state index is 12.6. The Morgan fingerprint density at radius 3 is 2.43 bits per heavy atom. The number of rotatable bonds is 3. The van der Waals surface area contributed by atoms with Crippen molar-refractivity contribution in [1.29, 1.82) is 0 Å². The van der Waals surface area contributed by atoms with Crippen molar-refractivity contribution in [2.24, 2.45) is 7.05 Å². The van der Waals surface area contributed by atoms with Gasteiger partial charge in [0.05, 0.1) is 5.02 Å². The second-order valence-electron chi connectivity index (χ2n) is 4.42.